The molecule has 0 bridgehead atoms. The highest BCUT2D eigenvalue weighted by atomic mass is 16.2. The van der Waals surface area contributed by atoms with Crippen LogP contribution in [0.2, 0.25) is 0 Å². The Morgan fingerprint density at radius 1 is 1.65 bits per heavy atom. The number of likely N-dealkylation sites (N-methyl/N-ethyl adjacent to an activating group) is 1. The molecule has 1 saturated carbocycles. The third-order valence-corrected chi connectivity index (χ3v) is 2.63. The number of anilines is 1. The zero-order valence-electron chi connectivity index (χ0n) is 10.0. The number of amides is 1. The van der Waals surface area contributed by atoms with Crippen LogP contribution in [0.5, 0.6) is 0 Å². The molecule has 3 N–H and O–H groups in total. The third-order valence-electron chi connectivity index (χ3n) is 2.63. The molecule has 17 heavy (non-hydrogen) atoms. The molecule has 1 aromatic heterocycles. The van der Waals surface area contributed by atoms with E-state index in [2.05, 4.69) is 10.3 Å². The van der Waals surface area contributed by atoms with Crippen molar-refractivity contribution in [2.45, 2.75) is 25.4 Å². The Balaban J connectivity index is 1.79. The molecule has 0 aromatic carbocycles. The first kappa shape index (κ1) is 11.9. The minimum Gasteiger partial charge on any atom is -0.399 e. The predicted molar refractivity (Wildman–Crippen MR) is 66.1 cm³/mol. The molecule has 1 aliphatic rings. The summed E-state index contributed by atoms with van der Waals surface area (Å²) in [6.45, 7) is 1.02. The summed E-state index contributed by atoms with van der Waals surface area (Å²) in [6.07, 6.45) is 3.92. The molecule has 1 fully saturated rings. The fourth-order valence-electron chi connectivity index (χ4n) is 1.66. The van der Waals surface area contributed by atoms with Gasteiger partial charge in [-0.05, 0) is 32.0 Å². The van der Waals surface area contributed by atoms with Crippen molar-refractivity contribution in [3.63, 3.8) is 0 Å². The number of hydrogen-bond acceptors (Lipinski definition) is 4. The Labute approximate surface area is 101 Å². The molecule has 1 aliphatic carbocycles. The highest BCUT2D eigenvalue weighted by molar-refractivity contribution is 5.78. The molecule has 0 spiro atoms. The first-order valence-electron chi connectivity index (χ1n) is 5.82. The van der Waals surface area contributed by atoms with E-state index in [0.717, 1.165) is 18.5 Å². The molecule has 1 heterocycles. The van der Waals surface area contributed by atoms with Gasteiger partial charge in [0.2, 0.25) is 5.91 Å². The van der Waals surface area contributed by atoms with Crippen LogP contribution in [0, 0.1) is 0 Å². The number of nitrogens with zero attached hydrogens (tertiary/aromatic N) is 2. The monoisotopic (exact) mass is 234 g/mol. The van der Waals surface area contributed by atoms with Crippen LogP contribution in [-0.4, -0.2) is 35.4 Å². The lowest BCUT2D eigenvalue weighted by atomic mass is 10.3. The van der Waals surface area contributed by atoms with Crippen LogP contribution in [0.15, 0.2) is 18.3 Å². The van der Waals surface area contributed by atoms with Gasteiger partial charge in [0, 0.05) is 24.5 Å². The van der Waals surface area contributed by atoms with Gasteiger partial charge in [-0.2, -0.15) is 0 Å². The van der Waals surface area contributed by atoms with Crippen molar-refractivity contribution in [1.82, 2.24) is 15.2 Å². The first-order chi connectivity index (χ1) is 8.13. The molecular formula is C12H18N4O. The van der Waals surface area contributed by atoms with E-state index >= 15 is 0 Å². The van der Waals surface area contributed by atoms with Crippen LogP contribution in [0.3, 0.4) is 0 Å². The van der Waals surface area contributed by atoms with Gasteiger partial charge in [0.25, 0.3) is 0 Å². The highest BCUT2D eigenvalue weighted by Crippen LogP contribution is 2.18. The third kappa shape index (κ3) is 4.03. The summed E-state index contributed by atoms with van der Waals surface area (Å²) in [5.41, 5.74) is 7.25. The Bertz CT molecular complexity index is 403. The number of aromatic nitrogens is 1. The Morgan fingerprint density at radius 3 is 3.06 bits per heavy atom. The number of nitrogen functional groups attached to an aromatic ring is 1. The van der Waals surface area contributed by atoms with Crippen LogP contribution in [0.25, 0.3) is 0 Å². The van der Waals surface area contributed by atoms with Gasteiger partial charge in [-0.15, -0.1) is 0 Å². The normalized spacial score (nSPS) is 14.9. The van der Waals surface area contributed by atoms with Crippen molar-refractivity contribution in [2.24, 2.45) is 0 Å². The zero-order chi connectivity index (χ0) is 12.3. The van der Waals surface area contributed by atoms with Gasteiger partial charge < -0.3 is 11.1 Å². The van der Waals surface area contributed by atoms with Gasteiger partial charge in [-0.25, -0.2) is 0 Å². The van der Waals surface area contributed by atoms with Gasteiger partial charge in [0.05, 0.1) is 12.2 Å². The van der Waals surface area contributed by atoms with Crippen LogP contribution in [-0.2, 0) is 11.3 Å². The quantitative estimate of drug-likeness (QED) is 0.772. The number of rotatable bonds is 5. The van der Waals surface area contributed by atoms with Crippen molar-refractivity contribution in [1.29, 1.82) is 0 Å². The number of carbonyl (C=O) groups excluding carboxylic acids is 1. The van der Waals surface area contributed by atoms with Gasteiger partial charge in [0.15, 0.2) is 0 Å². The van der Waals surface area contributed by atoms with E-state index in [4.69, 9.17) is 5.73 Å². The zero-order valence-corrected chi connectivity index (χ0v) is 10.0. The molecule has 0 radical (unpaired) electrons. The fourth-order valence-corrected chi connectivity index (χ4v) is 1.66. The summed E-state index contributed by atoms with van der Waals surface area (Å²) in [5.74, 6) is 0.0823. The van der Waals surface area contributed by atoms with Gasteiger partial charge >= 0.3 is 0 Å². The van der Waals surface area contributed by atoms with Crippen LogP contribution in [0.4, 0.5) is 5.69 Å². The highest BCUT2D eigenvalue weighted by Gasteiger charge is 2.23. The SMILES string of the molecule is CN(CC(=O)NC1CC1)Cc1cc(N)ccn1. The molecule has 1 aromatic rings. The largest absolute Gasteiger partial charge is 0.399 e. The van der Waals surface area contributed by atoms with E-state index in [9.17, 15) is 4.79 Å². The average molecular weight is 234 g/mol. The molecule has 0 aliphatic heterocycles. The lowest BCUT2D eigenvalue weighted by Crippen LogP contribution is -2.36. The Hall–Kier alpha value is -1.62. The van der Waals surface area contributed by atoms with E-state index in [1.165, 1.54) is 0 Å². The van der Waals surface area contributed by atoms with Crippen molar-refractivity contribution in [3.05, 3.63) is 24.0 Å². The average Bonchev–Trinajstić information content (AvgIpc) is 3.00. The minimum atomic E-state index is 0.0823. The number of nitrogens with two attached hydrogens (primary N) is 1. The van der Waals surface area contributed by atoms with Crippen molar-refractivity contribution < 1.29 is 4.79 Å². The summed E-state index contributed by atoms with van der Waals surface area (Å²) in [5, 5.41) is 2.96. The van der Waals surface area contributed by atoms with Gasteiger partial charge in [0.1, 0.15) is 0 Å². The van der Waals surface area contributed by atoms with Crippen LogP contribution in [0.1, 0.15) is 18.5 Å². The number of nitrogens with one attached hydrogen (secondary N) is 1. The van der Waals surface area contributed by atoms with E-state index in [1.807, 2.05) is 18.0 Å². The summed E-state index contributed by atoms with van der Waals surface area (Å²) in [7, 11) is 1.90. The minimum absolute atomic E-state index is 0.0823. The number of pyridine rings is 1. The Kier molecular flexibility index (Phi) is 3.58. The summed E-state index contributed by atoms with van der Waals surface area (Å²) < 4.78 is 0. The fraction of sp³-hybridized carbons (Fsp3) is 0.500. The molecule has 5 nitrogen and oxygen atoms in total. The van der Waals surface area contributed by atoms with Crippen LogP contribution >= 0.6 is 0 Å². The van der Waals surface area contributed by atoms with E-state index in [-0.39, 0.29) is 5.91 Å². The molecule has 92 valence electrons. The summed E-state index contributed by atoms with van der Waals surface area (Å²) in [6, 6.07) is 4.00. The molecular weight excluding hydrogens is 216 g/mol. The molecule has 5 heteroatoms. The molecule has 0 saturated heterocycles. The van der Waals surface area contributed by atoms with Crippen molar-refractivity contribution >= 4 is 11.6 Å². The Morgan fingerprint density at radius 2 is 2.41 bits per heavy atom. The lowest BCUT2D eigenvalue weighted by Gasteiger charge is -2.15. The second-order valence-corrected chi connectivity index (χ2v) is 4.59. The second kappa shape index (κ2) is 5.14. The van der Waals surface area contributed by atoms with Crippen LogP contribution < -0.4 is 11.1 Å². The predicted octanol–water partition coefficient (Wildman–Crippen LogP) is 0.374. The summed E-state index contributed by atoms with van der Waals surface area (Å²) >= 11 is 0. The maximum atomic E-state index is 11.6. The summed E-state index contributed by atoms with van der Waals surface area (Å²) in [4.78, 5) is 17.7. The smallest absolute Gasteiger partial charge is 0.234 e. The van der Waals surface area contributed by atoms with E-state index < -0.39 is 0 Å². The topological polar surface area (TPSA) is 71.2 Å². The number of hydrogen-bond donors (Lipinski definition) is 2. The standard InChI is InChI=1S/C12H18N4O/c1-16(8-12(17)15-10-2-3-10)7-11-6-9(13)4-5-14-11/h4-6,10H,2-3,7-8H2,1H3,(H2,13,14)(H,15,17). The second-order valence-electron chi connectivity index (χ2n) is 4.59. The molecule has 2 rings (SSSR count). The maximum absolute atomic E-state index is 11.6. The molecule has 1 amide bonds. The van der Waals surface area contributed by atoms with E-state index in [1.54, 1.807) is 12.3 Å². The first-order valence-corrected chi connectivity index (χ1v) is 5.82. The van der Waals surface area contributed by atoms with Gasteiger partial charge in [-0.1, -0.05) is 0 Å². The maximum Gasteiger partial charge on any atom is 0.234 e. The van der Waals surface area contributed by atoms with Crippen molar-refractivity contribution in [3.8, 4) is 0 Å². The van der Waals surface area contributed by atoms with E-state index in [0.29, 0.717) is 24.8 Å². The molecule has 0 atom stereocenters. The van der Waals surface area contributed by atoms with Gasteiger partial charge in [-0.3, -0.25) is 14.7 Å². The number of carbonyl (C=O) groups is 1. The molecule has 0 unspecified atom stereocenters. The lowest BCUT2D eigenvalue weighted by molar-refractivity contribution is -0.122. The van der Waals surface area contributed by atoms with Crippen molar-refractivity contribution in [2.75, 3.05) is 19.3 Å².